The lowest BCUT2D eigenvalue weighted by molar-refractivity contribution is 0.0956. The van der Waals surface area contributed by atoms with Gasteiger partial charge in [0.15, 0.2) is 0 Å². The number of carbonyl (C=O) groups is 1. The Morgan fingerprint density at radius 2 is 1.76 bits per heavy atom. The summed E-state index contributed by atoms with van der Waals surface area (Å²) in [6, 6.07) is 17.0. The maximum atomic E-state index is 13.8. The highest BCUT2D eigenvalue weighted by molar-refractivity contribution is 7.98. The van der Waals surface area contributed by atoms with Gasteiger partial charge in [-0.05, 0) is 60.7 Å². The van der Waals surface area contributed by atoms with Crippen LogP contribution in [0.3, 0.4) is 0 Å². The number of hydrogen-bond donors (Lipinski definition) is 1. The van der Waals surface area contributed by atoms with Gasteiger partial charge in [-0.25, -0.2) is 12.8 Å². The van der Waals surface area contributed by atoms with Crippen molar-refractivity contribution >= 4 is 45.0 Å². The lowest BCUT2D eigenvalue weighted by Gasteiger charge is -2.20. The molecular weight excluding hydrogens is 499 g/mol. The van der Waals surface area contributed by atoms with E-state index in [0.29, 0.717) is 45.6 Å². The molecule has 0 aromatic heterocycles. The van der Waals surface area contributed by atoms with Crippen molar-refractivity contribution in [3.8, 4) is 5.75 Å². The first-order chi connectivity index (χ1) is 16.2. The molecule has 0 spiro atoms. The highest BCUT2D eigenvalue weighted by Crippen LogP contribution is 2.25. The first-order valence-electron chi connectivity index (χ1n) is 10.3. The number of benzene rings is 3. The lowest BCUT2D eigenvalue weighted by Crippen LogP contribution is -2.27. The highest BCUT2D eigenvalue weighted by atomic mass is 35.5. The van der Waals surface area contributed by atoms with E-state index in [9.17, 15) is 17.6 Å². The van der Waals surface area contributed by atoms with Gasteiger partial charge < -0.3 is 10.1 Å². The number of halogens is 2. The van der Waals surface area contributed by atoms with Crippen molar-refractivity contribution in [2.75, 3.05) is 30.8 Å². The molecule has 180 valence electrons. The fourth-order valence-corrected chi connectivity index (χ4v) is 5.44. The predicted octanol–water partition coefficient (Wildman–Crippen LogP) is 4.98. The zero-order valence-corrected chi connectivity index (χ0v) is 21.0. The van der Waals surface area contributed by atoms with E-state index >= 15 is 0 Å². The van der Waals surface area contributed by atoms with Gasteiger partial charge in [-0.15, -0.1) is 0 Å². The Balaban J connectivity index is 1.53. The van der Waals surface area contributed by atoms with E-state index in [2.05, 4.69) is 5.32 Å². The molecule has 0 aliphatic heterocycles. The summed E-state index contributed by atoms with van der Waals surface area (Å²) < 4.78 is 45.7. The summed E-state index contributed by atoms with van der Waals surface area (Å²) in [5.41, 5.74) is 1.27. The molecule has 0 fully saturated rings. The third-order valence-electron chi connectivity index (χ3n) is 5.05. The van der Waals surface area contributed by atoms with Gasteiger partial charge in [-0.1, -0.05) is 17.7 Å². The molecule has 0 heterocycles. The van der Waals surface area contributed by atoms with Crippen molar-refractivity contribution in [3.63, 3.8) is 0 Å². The monoisotopic (exact) mass is 522 g/mol. The smallest absolute Gasteiger partial charge is 0.264 e. The van der Waals surface area contributed by atoms with Gasteiger partial charge >= 0.3 is 0 Å². The Hall–Kier alpha value is -2.75. The minimum absolute atomic E-state index is 0.131. The van der Waals surface area contributed by atoms with Crippen LogP contribution >= 0.6 is 23.4 Å². The molecule has 10 heteroatoms. The van der Waals surface area contributed by atoms with Crippen LogP contribution in [0.4, 0.5) is 10.1 Å². The number of nitrogens with one attached hydrogen (secondary N) is 1. The second kappa shape index (κ2) is 11.6. The Morgan fingerprint density at radius 3 is 2.38 bits per heavy atom. The zero-order valence-electron chi connectivity index (χ0n) is 18.6. The van der Waals surface area contributed by atoms with E-state index in [1.165, 1.54) is 44.1 Å². The molecule has 0 bridgehead atoms. The number of anilines is 1. The molecular formula is C24H24ClFN2O4S2. The van der Waals surface area contributed by atoms with E-state index in [0.717, 1.165) is 4.31 Å². The van der Waals surface area contributed by atoms with Gasteiger partial charge in [0.1, 0.15) is 11.6 Å². The topological polar surface area (TPSA) is 75.7 Å². The molecule has 0 unspecified atom stereocenters. The SMILES string of the molecule is COc1ccc(S(=O)(=O)N(C)c2ccc(C(=O)NCCSCc3c(F)cccc3Cl)cc2)cc1. The lowest BCUT2D eigenvalue weighted by atomic mass is 10.2. The van der Waals surface area contributed by atoms with Crippen molar-refractivity contribution in [1.82, 2.24) is 5.32 Å². The predicted molar refractivity (Wildman–Crippen MR) is 135 cm³/mol. The van der Waals surface area contributed by atoms with Crippen molar-refractivity contribution in [1.29, 1.82) is 0 Å². The maximum Gasteiger partial charge on any atom is 0.264 e. The van der Waals surface area contributed by atoms with Gasteiger partial charge in [-0.2, -0.15) is 11.8 Å². The van der Waals surface area contributed by atoms with Gasteiger partial charge in [0.2, 0.25) is 0 Å². The molecule has 3 aromatic carbocycles. The third-order valence-corrected chi connectivity index (χ3v) is 8.19. The summed E-state index contributed by atoms with van der Waals surface area (Å²) in [6.07, 6.45) is 0. The summed E-state index contributed by atoms with van der Waals surface area (Å²) in [5.74, 6) is 0.925. The average Bonchev–Trinajstić information content (AvgIpc) is 2.85. The summed E-state index contributed by atoms with van der Waals surface area (Å²) in [4.78, 5) is 12.5. The van der Waals surface area contributed by atoms with E-state index < -0.39 is 10.0 Å². The van der Waals surface area contributed by atoms with Crippen LogP contribution in [-0.4, -0.2) is 40.8 Å². The Morgan fingerprint density at radius 1 is 1.09 bits per heavy atom. The van der Waals surface area contributed by atoms with Crippen molar-refractivity contribution in [2.24, 2.45) is 0 Å². The second-order valence-corrected chi connectivity index (χ2v) is 10.7. The standard InChI is InChI=1S/C24H24ClFN2O4S2/c1-28(34(30,31)20-12-10-19(32-2)11-13-20)18-8-6-17(7-9-18)24(29)27-14-15-33-16-21-22(25)4-3-5-23(21)26/h3-13H,14-16H2,1-2H3,(H,27,29). The number of hydrogen-bond acceptors (Lipinski definition) is 5. The van der Waals surface area contributed by atoms with Crippen LogP contribution in [0.5, 0.6) is 5.75 Å². The molecule has 0 saturated heterocycles. The van der Waals surface area contributed by atoms with Gasteiger partial charge in [0.25, 0.3) is 15.9 Å². The van der Waals surface area contributed by atoms with Crippen LogP contribution in [0.15, 0.2) is 71.6 Å². The third kappa shape index (κ3) is 6.22. The first kappa shape index (κ1) is 25.9. The molecule has 0 saturated carbocycles. The number of nitrogens with zero attached hydrogens (tertiary/aromatic N) is 1. The minimum Gasteiger partial charge on any atom is -0.497 e. The second-order valence-electron chi connectivity index (χ2n) is 7.20. The van der Waals surface area contributed by atoms with Crippen molar-refractivity contribution < 1.29 is 22.3 Å². The average molecular weight is 523 g/mol. The van der Waals surface area contributed by atoms with Gasteiger partial charge in [-0.3, -0.25) is 9.10 Å². The highest BCUT2D eigenvalue weighted by Gasteiger charge is 2.21. The van der Waals surface area contributed by atoms with Crippen LogP contribution in [-0.2, 0) is 15.8 Å². The van der Waals surface area contributed by atoms with Crippen molar-refractivity contribution in [2.45, 2.75) is 10.6 Å². The summed E-state index contributed by atoms with van der Waals surface area (Å²) in [7, 11) is -0.801. The molecule has 1 amide bonds. The number of rotatable bonds is 10. The quantitative estimate of drug-likeness (QED) is 0.380. The molecule has 0 aliphatic rings. The Kier molecular flexibility index (Phi) is 8.82. The van der Waals surface area contributed by atoms with Crippen LogP contribution in [0.1, 0.15) is 15.9 Å². The van der Waals surface area contributed by atoms with E-state index in [1.807, 2.05) is 0 Å². The molecule has 3 rings (SSSR count). The van der Waals surface area contributed by atoms with E-state index in [1.54, 1.807) is 48.5 Å². The largest absolute Gasteiger partial charge is 0.497 e. The van der Waals surface area contributed by atoms with Crippen LogP contribution in [0.25, 0.3) is 0 Å². The number of thioether (sulfide) groups is 1. The first-order valence-corrected chi connectivity index (χ1v) is 13.2. The van der Waals surface area contributed by atoms with Gasteiger partial charge in [0.05, 0.1) is 17.7 Å². The normalized spacial score (nSPS) is 11.2. The number of sulfonamides is 1. The molecule has 0 radical (unpaired) electrons. The maximum absolute atomic E-state index is 13.8. The summed E-state index contributed by atoms with van der Waals surface area (Å²) in [5, 5.41) is 3.18. The fraction of sp³-hybridized carbons (Fsp3) is 0.208. The Bertz CT molecular complexity index is 1220. The summed E-state index contributed by atoms with van der Waals surface area (Å²) in [6.45, 7) is 0.392. The molecule has 3 aromatic rings. The fourth-order valence-electron chi connectivity index (χ4n) is 3.05. The number of ether oxygens (including phenoxy) is 1. The Labute approximate surface area is 208 Å². The minimum atomic E-state index is -3.76. The molecule has 6 nitrogen and oxygen atoms in total. The molecule has 0 atom stereocenters. The molecule has 0 aliphatic carbocycles. The van der Waals surface area contributed by atoms with E-state index in [-0.39, 0.29) is 16.6 Å². The molecule has 1 N–H and O–H groups in total. The van der Waals surface area contributed by atoms with Gasteiger partial charge in [0, 0.05) is 41.2 Å². The van der Waals surface area contributed by atoms with Crippen molar-refractivity contribution in [3.05, 3.63) is 88.7 Å². The number of carbonyl (C=O) groups excluding carboxylic acids is 1. The van der Waals surface area contributed by atoms with Crippen LogP contribution < -0.4 is 14.4 Å². The zero-order chi connectivity index (χ0) is 24.7. The number of methoxy groups -OCH3 is 1. The summed E-state index contributed by atoms with van der Waals surface area (Å²) >= 11 is 7.47. The van der Waals surface area contributed by atoms with E-state index in [4.69, 9.17) is 16.3 Å². The van der Waals surface area contributed by atoms with Crippen LogP contribution in [0.2, 0.25) is 5.02 Å². The number of amides is 1. The molecule has 34 heavy (non-hydrogen) atoms. The van der Waals surface area contributed by atoms with Crippen LogP contribution in [0, 0.1) is 5.82 Å².